The van der Waals surface area contributed by atoms with Crippen LogP contribution in [0.3, 0.4) is 0 Å². The fourth-order valence-corrected chi connectivity index (χ4v) is 7.30. The number of likely N-dealkylation sites (tertiary alicyclic amines) is 1. The molecule has 11 nitrogen and oxygen atoms in total. The molecule has 4 N–H and O–H groups in total. The standard InChI is InChI=1S/C39H49N5O6/c1-28(46)40-20-7-3-6-13-36(47)42-32-10-8-9-31(23-32)37-49-34(24-35(50-37)30-16-14-29(26-45)15-17-30)25-43-21-18-39(19-22-43)38(48)41-27-44(39)33-11-4-2-5-12-33/h2,4-5,8-12,14-17,23,34-35,37,45H,3,6-7,13,18-22,24-27H2,1H3,(H,40,46)(H,41,48)(H,42,47). The van der Waals surface area contributed by atoms with Crippen LogP contribution in [-0.4, -0.2) is 72.2 Å². The van der Waals surface area contributed by atoms with Crippen LogP contribution < -0.4 is 20.9 Å². The van der Waals surface area contributed by atoms with Crippen LogP contribution in [0.15, 0.2) is 78.9 Å². The zero-order chi connectivity index (χ0) is 34.9. The molecule has 0 saturated carbocycles. The van der Waals surface area contributed by atoms with Gasteiger partial charge in [-0.15, -0.1) is 0 Å². The van der Waals surface area contributed by atoms with E-state index in [9.17, 15) is 19.5 Å². The molecular weight excluding hydrogens is 634 g/mol. The molecule has 1 spiro atoms. The van der Waals surface area contributed by atoms with Gasteiger partial charge in [0.1, 0.15) is 5.54 Å². The monoisotopic (exact) mass is 683 g/mol. The Morgan fingerprint density at radius 3 is 2.46 bits per heavy atom. The minimum Gasteiger partial charge on any atom is -0.392 e. The molecule has 3 saturated heterocycles. The smallest absolute Gasteiger partial charge is 0.247 e. The summed E-state index contributed by atoms with van der Waals surface area (Å²) in [7, 11) is 0. The molecular formula is C39H49N5O6. The Bertz CT molecular complexity index is 1590. The first-order valence-corrected chi connectivity index (χ1v) is 17.8. The van der Waals surface area contributed by atoms with Crippen molar-refractivity contribution in [3.8, 4) is 0 Å². The molecule has 50 heavy (non-hydrogen) atoms. The molecule has 3 fully saturated rings. The lowest BCUT2D eigenvalue weighted by molar-refractivity contribution is -0.253. The number of para-hydroxylation sites is 1. The van der Waals surface area contributed by atoms with Crippen LogP contribution in [-0.2, 0) is 30.5 Å². The highest BCUT2D eigenvalue weighted by atomic mass is 16.7. The number of ether oxygens (including phenoxy) is 2. The molecule has 3 aromatic carbocycles. The Morgan fingerprint density at radius 1 is 0.940 bits per heavy atom. The quantitative estimate of drug-likeness (QED) is 0.189. The zero-order valence-corrected chi connectivity index (χ0v) is 28.8. The second-order valence-corrected chi connectivity index (χ2v) is 13.6. The van der Waals surface area contributed by atoms with Crippen LogP contribution in [0.4, 0.5) is 11.4 Å². The number of anilines is 2. The van der Waals surface area contributed by atoms with Crippen molar-refractivity contribution in [3.63, 3.8) is 0 Å². The van der Waals surface area contributed by atoms with Gasteiger partial charge in [0.15, 0.2) is 6.29 Å². The number of nitrogens with zero attached hydrogens (tertiary/aromatic N) is 2. The molecule has 3 atom stereocenters. The van der Waals surface area contributed by atoms with Crippen molar-refractivity contribution in [3.05, 3.63) is 95.6 Å². The predicted octanol–water partition coefficient (Wildman–Crippen LogP) is 4.79. The molecule has 0 bridgehead atoms. The fraction of sp³-hybridized carbons (Fsp3) is 0.462. The lowest BCUT2D eigenvalue weighted by Gasteiger charge is -2.45. The Hall–Kier alpha value is -4.29. The van der Waals surface area contributed by atoms with E-state index in [0.717, 1.165) is 67.6 Å². The maximum atomic E-state index is 13.2. The lowest BCUT2D eigenvalue weighted by Crippen LogP contribution is -2.57. The van der Waals surface area contributed by atoms with Crippen LogP contribution in [0.25, 0.3) is 0 Å². The average molecular weight is 684 g/mol. The van der Waals surface area contributed by atoms with Crippen molar-refractivity contribution in [2.24, 2.45) is 0 Å². The van der Waals surface area contributed by atoms with Gasteiger partial charge in [-0.05, 0) is 61.1 Å². The van der Waals surface area contributed by atoms with E-state index in [0.29, 0.717) is 38.3 Å². The summed E-state index contributed by atoms with van der Waals surface area (Å²) in [5.41, 5.74) is 3.87. The summed E-state index contributed by atoms with van der Waals surface area (Å²) in [5.74, 6) is 0.000753. The number of benzene rings is 3. The van der Waals surface area contributed by atoms with E-state index < -0.39 is 11.8 Å². The molecule has 0 radical (unpaired) electrons. The Labute approximate surface area is 294 Å². The Morgan fingerprint density at radius 2 is 1.72 bits per heavy atom. The first-order chi connectivity index (χ1) is 24.3. The van der Waals surface area contributed by atoms with E-state index >= 15 is 0 Å². The van der Waals surface area contributed by atoms with Gasteiger partial charge >= 0.3 is 0 Å². The van der Waals surface area contributed by atoms with Crippen molar-refractivity contribution in [2.45, 2.75) is 82.5 Å². The first-order valence-electron chi connectivity index (χ1n) is 17.8. The number of amides is 3. The minimum absolute atomic E-state index is 0.0219. The van der Waals surface area contributed by atoms with Crippen molar-refractivity contribution in [2.75, 3.05) is 43.1 Å². The van der Waals surface area contributed by atoms with Crippen LogP contribution in [0.2, 0.25) is 0 Å². The van der Waals surface area contributed by atoms with Gasteiger partial charge in [-0.3, -0.25) is 14.4 Å². The Kier molecular flexibility index (Phi) is 11.8. The van der Waals surface area contributed by atoms with Gasteiger partial charge in [0.25, 0.3) is 0 Å². The number of hydrogen-bond donors (Lipinski definition) is 4. The Balaban J connectivity index is 1.11. The molecule has 3 amide bonds. The molecule has 3 unspecified atom stereocenters. The van der Waals surface area contributed by atoms with Crippen molar-refractivity contribution < 1.29 is 29.0 Å². The third-order valence-corrected chi connectivity index (χ3v) is 10.1. The summed E-state index contributed by atoms with van der Waals surface area (Å²) in [6, 6.07) is 25.6. The van der Waals surface area contributed by atoms with E-state index in [1.54, 1.807) is 0 Å². The molecule has 0 aliphatic carbocycles. The summed E-state index contributed by atoms with van der Waals surface area (Å²) >= 11 is 0. The largest absolute Gasteiger partial charge is 0.392 e. The molecule has 3 aliphatic heterocycles. The second kappa shape index (κ2) is 16.6. The van der Waals surface area contributed by atoms with E-state index in [1.165, 1.54) is 6.92 Å². The van der Waals surface area contributed by atoms with Crippen LogP contribution in [0.5, 0.6) is 0 Å². The van der Waals surface area contributed by atoms with Crippen molar-refractivity contribution >= 4 is 29.1 Å². The second-order valence-electron chi connectivity index (χ2n) is 13.6. The molecule has 3 aromatic rings. The molecule has 3 aliphatic rings. The summed E-state index contributed by atoms with van der Waals surface area (Å²) in [6.45, 7) is 4.86. The predicted molar refractivity (Wildman–Crippen MR) is 191 cm³/mol. The summed E-state index contributed by atoms with van der Waals surface area (Å²) < 4.78 is 13.2. The van der Waals surface area contributed by atoms with E-state index in [-0.39, 0.29) is 36.5 Å². The topological polar surface area (TPSA) is 132 Å². The molecule has 6 rings (SSSR count). The van der Waals surface area contributed by atoms with E-state index in [2.05, 4.69) is 37.9 Å². The minimum atomic E-state index is -0.646. The maximum Gasteiger partial charge on any atom is 0.247 e. The highest BCUT2D eigenvalue weighted by Gasteiger charge is 2.50. The molecule has 266 valence electrons. The SMILES string of the molecule is CC(=O)NCCCCCC(=O)Nc1cccc(C2OC(CN3CCC4(CC3)C(=O)NCN4c3ccccc3)CC(c3ccc(CO)cc3)O2)c1. The molecule has 0 aromatic heterocycles. The number of nitrogens with one attached hydrogen (secondary N) is 3. The highest BCUT2D eigenvalue weighted by Crippen LogP contribution is 2.40. The number of unbranched alkanes of at least 4 members (excludes halogenated alkanes) is 2. The van der Waals surface area contributed by atoms with Gasteiger partial charge in [-0.2, -0.15) is 0 Å². The van der Waals surface area contributed by atoms with Gasteiger partial charge in [0, 0.05) is 62.9 Å². The van der Waals surface area contributed by atoms with E-state index in [4.69, 9.17) is 9.47 Å². The van der Waals surface area contributed by atoms with Gasteiger partial charge in [-0.25, -0.2) is 0 Å². The number of carbonyl (C=O) groups is 3. The summed E-state index contributed by atoms with van der Waals surface area (Å²) in [5, 5.41) is 18.5. The van der Waals surface area contributed by atoms with Crippen molar-refractivity contribution in [1.82, 2.24) is 15.5 Å². The lowest BCUT2D eigenvalue weighted by atomic mass is 9.85. The summed E-state index contributed by atoms with van der Waals surface area (Å²) in [6.07, 6.45) is 3.93. The normalized spacial score (nSPS) is 21.9. The zero-order valence-electron chi connectivity index (χ0n) is 28.8. The first kappa shape index (κ1) is 35.5. The fourth-order valence-electron chi connectivity index (χ4n) is 7.30. The summed E-state index contributed by atoms with van der Waals surface area (Å²) in [4.78, 5) is 41.6. The average Bonchev–Trinajstić information content (AvgIpc) is 3.45. The van der Waals surface area contributed by atoms with Gasteiger partial charge < -0.3 is 40.3 Å². The van der Waals surface area contributed by atoms with Crippen LogP contribution in [0, 0.1) is 0 Å². The number of hydrogen-bond acceptors (Lipinski definition) is 8. The maximum absolute atomic E-state index is 13.2. The molecule has 11 heteroatoms. The molecule has 3 heterocycles. The van der Waals surface area contributed by atoms with Gasteiger partial charge in [-0.1, -0.05) is 61.0 Å². The number of piperidine rings is 1. The number of aliphatic hydroxyl groups is 1. The number of rotatable bonds is 13. The van der Waals surface area contributed by atoms with E-state index in [1.807, 2.05) is 66.7 Å². The third kappa shape index (κ3) is 8.70. The van der Waals surface area contributed by atoms with Gasteiger partial charge in [0.05, 0.1) is 25.5 Å². The van der Waals surface area contributed by atoms with Crippen molar-refractivity contribution in [1.29, 1.82) is 0 Å². The van der Waals surface area contributed by atoms with Gasteiger partial charge in [0.2, 0.25) is 17.7 Å². The van der Waals surface area contributed by atoms with Crippen LogP contribution in [0.1, 0.15) is 81.0 Å². The number of aliphatic hydroxyl groups excluding tert-OH is 1. The van der Waals surface area contributed by atoms with Crippen LogP contribution >= 0.6 is 0 Å². The highest BCUT2D eigenvalue weighted by molar-refractivity contribution is 5.93. The third-order valence-electron chi connectivity index (χ3n) is 10.1. The number of carbonyl (C=O) groups excluding carboxylic acids is 3.